The molecule has 2 saturated carbocycles. The molecule has 0 saturated heterocycles. The number of nitrogens with two attached hydrogens (primary N) is 1. The Labute approximate surface area is 79.1 Å². The summed E-state index contributed by atoms with van der Waals surface area (Å²) in [6.07, 6.45) is 5.29. The van der Waals surface area contributed by atoms with Gasteiger partial charge >= 0.3 is 0 Å². The van der Waals surface area contributed by atoms with Crippen molar-refractivity contribution in [2.45, 2.75) is 44.6 Å². The minimum atomic E-state index is -0.523. The van der Waals surface area contributed by atoms with E-state index in [0.717, 1.165) is 25.8 Å². The molecule has 0 aromatic heterocycles. The van der Waals surface area contributed by atoms with Gasteiger partial charge in [-0.05, 0) is 37.5 Å². The maximum atomic E-state index is 11.6. The Balaban J connectivity index is 1.78. The van der Waals surface area contributed by atoms with Crippen LogP contribution in [0.2, 0.25) is 0 Å². The third kappa shape index (κ3) is 1.70. The van der Waals surface area contributed by atoms with Crippen LogP contribution in [0, 0.1) is 5.41 Å². The fourth-order valence-electron chi connectivity index (χ4n) is 1.64. The smallest absolute Gasteiger partial charge is 0.240 e. The molecule has 0 heterocycles. The van der Waals surface area contributed by atoms with E-state index in [2.05, 4.69) is 12.2 Å². The third-order valence-corrected chi connectivity index (χ3v) is 3.48. The number of amides is 1. The third-order valence-electron chi connectivity index (χ3n) is 3.48. The van der Waals surface area contributed by atoms with Crippen molar-refractivity contribution in [3.05, 3.63) is 0 Å². The van der Waals surface area contributed by atoms with Gasteiger partial charge in [-0.15, -0.1) is 0 Å². The van der Waals surface area contributed by atoms with Crippen molar-refractivity contribution in [1.82, 2.24) is 5.32 Å². The van der Waals surface area contributed by atoms with Crippen LogP contribution in [0.5, 0.6) is 0 Å². The van der Waals surface area contributed by atoms with E-state index in [1.807, 2.05) is 0 Å². The Hall–Kier alpha value is -0.570. The first kappa shape index (κ1) is 9.00. The molecule has 3 N–H and O–H groups in total. The summed E-state index contributed by atoms with van der Waals surface area (Å²) in [6, 6.07) is 0. The number of hydrogen-bond donors (Lipinski definition) is 2. The standard InChI is InChI=1S/C10H18N2O/c1-9(5-6-9)7-12-8(13)10(11)3-2-4-10/h2-7,11H2,1H3,(H,12,13). The highest BCUT2D eigenvalue weighted by atomic mass is 16.2. The summed E-state index contributed by atoms with van der Waals surface area (Å²) in [6.45, 7) is 3.02. The van der Waals surface area contributed by atoms with Crippen molar-refractivity contribution < 1.29 is 4.79 Å². The van der Waals surface area contributed by atoms with Crippen molar-refractivity contribution in [1.29, 1.82) is 0 Å². The van der Waals surface area contributed by atoms with Crippen molar-refractivity contribution in [3.8, 4) is 0 Å². The van der Waals surface area contributed by atoms with E-state index >= 15 is 0 Å². The van der Waals surface area contributed by atoms with Crippen molar-refractivity contribution in [3.63, 3.8) is 0 Å². The Kier molecular flexibility index (Phi) is 1.88. The average Bonchev–Trinajstić information content (AvgIpc) is 2.76. The molecule has 0 unspecified atom stereocenters. The molecule has 0 aromatic carbocycles. The predicted octanol–water partition coefficient (Wildman–Crippen LogP) is 0.784. The highest BCUT2D eigenvalue weighted by Crippen LogP contribution is 2.44. The number of rotatable bonds is 3. The first-order valence-electron chi connectivity index (χ1n) is 5.11. The van der Waals surface area contributed by atoms with Crippen molar-refractivity contribution in [2.75, 3.05) is 6.54 Å². The Morgan fingerprint density at radius 2 is 2.00 bits per heavy atom. The van der Waals surface area contributed by atoms with Gasteiger partial charge in [0.15, 0.2) is 0 Å². The largest absolute Gasteiger partial charge is 0.354 e. The van der Waals surface area contributed by atoms with Gasteiger partial charge in [0.25, 0.3) is 0 Å². The van der Waals surface area contributed by atoms with Gasteiger partial charge in [-0.3, -0.25) is 4.79 Å². The molecule has 0 aromatic rings. The summed E-state index contributed by atoms with van der Waals surface area (Å²) < 4.78 is 0. The molecule has 2 aliphatic carbocycles. The van der Waals surface area contributed by atoms with Crippen LogP contribution in [-0.4, -0.2) is 18.0 Å². The van der Waals surface area contributed by atoms with Crippen LogP contribution in [0.3, 0.4) is 0 Å². The highest BCUT2D eigenvalue weighted by Gasteiger charge is 2.42. The first-order valence-corrected chi connectivity index (χ1v) is 5.11. The maximum Gasteiger partial charge on any atom is 0.240 e. The Morgan fingerprint density at radius 3 is 2.38 bits per heavy atom. The van der Waals surface area contributed by atoms with Crippen LogP contribution in [0.1, 0.15) is 39.0 Å². The van der Waals surface area contributed by atoms with E-state index in [0.29, 0.717) is 5.41 Å². The van der Waals surface area contributed by atoms with E-state index in [1.165, 1.54) is 12.8 Å². The molecule has 1 amide bonds. The lowest BCUT2D eigenvalue weighted by atomic mass is 9.77. The van der Waals surface area contributed by atoms with Gasteiger partial charge < -0.3 is 11.1 Å². The quantitative estimate of drug-likeness (QED) is 0.678. The Morgan fingerprint density at radius 1 is 1.38 bits per heavy atom. The molecule has 2 fully saturated rings. The van der Waals surface area contributed by atoms with Crippen LogP contribution in [0.25, 0.3) is 0 Å². The average molecular weight is 182 g/mol. The zero-order chi connectivity index (χ0) is 9.53. The van der Waals surface area contributed by atoms with Crippen molar-refractivity contribution in [2.24, 2.45) is 11.1 Å². The Bertz CT molecular complexity index is 229. The maximum absolute atomic E-state index is 11.6. The number of nitrogens with one attached hydrogen (secondary N) is 1. The fourth-order valence-corrected chi connectivity index (χ4v) is 1.64. The summed E-state index contributed by atoms with van der Waals surface area (Å²) in [5, 5.41) is 2.96. The molecule has 0 spiro atoms. The molecular weight excluding hydrogens is 164 g/mol. The molecule has 3 heteroatoms. The fraction of sp³-hybridized carbons (Fsp3) is 0.900. The topological polar surface area (TPSA) is 55.1 Å². The molecule has 2 aliphatic rings. The summed E-state index contributed by atoms with van der Waals surface area (Å²) in [5.74, 6) is 0.0619. The van der Waals surface area contributed by atoms with Gasteiger partial charge in [0.1, 0.15) is 0 Å². The molecule has 0 radical (unpaired) electrons. The second kappa shape index (κ2) is 2.71. The van der Waals surface area contributed by atoms with Crippen molar-refractivity contribution >= 4 is 5.91 Å². The number of carbonyl (C=O) groups excluding carboxylic acids is 1. The van der Waals surface area contributed by atoms with E-state index in [4.69, 9.17) is 5.73 Å². The second-order valence-electron chi connectivity index (χ2n) is 5.00. The van der Waals surface area contributed by atoms with Crippen LogP contribution >= 0.6 is 0 Å². The van der Waals surface area contributed by atoms with Crippen LogP contribution in [0.4, 0.5) is 0 Å². The predicted molar refractivity (Wildman–Crippen MR) is 51.1 cm³/mol. The molecule has 2 rings (SSSR count). The number of carbonyl (C=O) groups is 1. The van der Waals surface area contributed by atoms with Gasteiger partial charge in [0.05, 0.1) is 5.54 Å². The summed E-state index contributed by atoms with van der Waals surface area (Å²) in [7, 11) is 0. The van der Waals surface area contributed by atoms with Gasteiger partial charge in [0, 0.05) is 6.54 Å². The molecular formula is C10H18N2O. The summed E-state index contributed by atoms with van der Waals surface area (Å²) in [4.78, 5) is 11.6. The minimum absolute atomic E-state index is 0.0619. The van der Waals surface area contributed by atoms with E-state index in [1.54, 1.807) is 0 Å². The highest BCUT2D eigenvalue weighted by molar-refractivity contribution is 5.87. The number of hydrogen-bond acceptors (Lipinski definition) is 2. The van der Waals surface area contributed by atoms with E-state index < -0.39 is 5.54 Å². The zero-order valence-corrected chi connectivity index (χ0v) is 8.23. The van der Waals surface area contributed by atoms with Gasteiger partial charge in [-0.1, -0.05) is 6.92 Å². The van der Waals surface area contributed by atoms with E-state index in [-0.39, 0.29) is 5.91 Å². The molecule has 13 heavy (non-hydrogen) atoms. The van der Waals surface area contributed by atoms with Gasteiger partial charge in [-0.25, -0.2) is 0 Å². The van der Waals surface area contributed by atoms with Gasteiger partial charge in [-0.2, -0.15) is 0 Å². The summed E-state index contributed by atoms with van der Waals surface area (Å²) >= 11 is 0. The molecule has 3 nitrogen and oxygen atoms in total. The first-order chi connectivity index (χ1) is 6.04. The lowest BCUT2D eigenvalue weighted by Gasteiger charge is -2.36. The van der Waals surface area contributed by atoms with Crippen LogP contribution in [-0.2, 0) is 4.79 Å². The van der Waals surface area contributed by atoms with Crippen LogP contribution < -0.4 is 11.1 Å². The van der Waals surface area contributed by atoms with Crippen LogP contribution in [0.15, 0.2) is 0 Å². The second-order valence-corrected chi connectivity index (χ2v) is 5.00. The molecule has 74 valence electrons. The van der Waals surface area contributed by atoms with E-state index in [9.17, 15) is 4.79 Å². The normalized spacial score (nSPS) is 27.5. The SMILES string of the molecule is CC1(CNC(=O)C2(N)CCC2)CC1. The summed E-state index contributed by atoms with van der Waals surface area (Å²) in [5.41, 5.74) is 5.75. The monoisotopic (exact) mass is 182 g/mol. The zero-order valence-electron chi connectivity index (χ0n) is 8.23. The molecule has 0 bridgehead atoms. The molecule has 0 atom stereocenters. The lowest BCUT2D eigenvalue weighted by molar-refractivity contribution is -0.129. The van der Waals surface area contributed by atoms with Gasteiger partial charge in [0.2, 0.25) is 5.91 Å². The lowest BCUT2D eigenvalue weighted by Crippen LogP contribution is -2.59. The molecule has 0 aliphatic heterocycles. The minimum Gasteiger partial charge on any atom is -0.354 e.